The molecule has 1 aromatic carbocycles. The van der Waals surface area contributed by atoms with Gasteiger partial charge in [0.2, 0.25) is 0 Å². The van der Waals surface area contributed by atoms with Crippen molar-refractivity contribution in [3.8, 4) is 0 Å². The quantitative estimate of drug-likeness (QED) is 0.641. The summed E-state index contributed by atoms with van der Waals surface area (Å²) in [7, 11) is 1.46. The van der Waals surface area contributed by atoms with E-state index in [4.69, 9.17) is 4.74 Å². The number of aliphatic hydroxyl groups excluding tert-OH is 1. The van der Waals surface area contributed by atoms with Crippen molar-refractivity contribution in [3.05, 3.63) is 33.9 Å². The molecule has 0 bridgehead atoms. The van der Waals surface area contributed by atoms with Crippen molar-refractivity contribution in [2.75, 3.05) is 31.6 Å². The van der Waals surface area contributed by atoms with E-state index < -0.39 is 28.5 Å². The summed E-state index contributed by atoms with van der Waals surface area (Å²) in [4.78, 5) is 11.6. The average Bonchev–Trinajstić information content (AvgIpc) is 2.52. The number of aliphatic hydroxyl groups is 1. The van der Waals surface area contributed by atoms with Gasteiger partial charge < -0.3 is 14.7 Å². The Labute approximate surface area is 129 Å². The largest absolute Gasteiger partial charge is 0.418 e. The molecule has 0 aromatic heterocycles. The SMILES string of the molecule is CO[C@@H]1CN(c2ccc([N+](=O)[O-])cc2[C@@H](O)C(F)(F)F)CCN1. The third-order valence-corrected chi connectivity index (χ3v) is 3.59. The number of nitrogens with one attached hydrogen (secondary N) is 1. The minimum absolute atomic E-state index is 0.101. The smallest absolute Gasteiger partial charge is 0.379 e. The second kappa shape index (κ2) is 6.69. The van der Waals surface area contributed by atoms with Crippen molar-refractivity contribution in [2.24, 2.45) is 0 Å². The molecular formula is C13H16F3N3O4. The number of nitrogens with zero attached hydrogens (tertiary/aromatic N) is 2. The molecule has 0 spiro atoms. The second-order valence-electron chi connectivity index (χ2n) is 5.07. The van der Waals surface area contributed by atoms with Gasteiger partial charge in [-0.2, -0.15) is 13.2 Å². The van der Waals surface area contributed by atoms with Crippen molar-refractivity contribution < 1.29 is 27.9 Å². The van der Waals surface area contributed by atoms with Crippen molar-refractivity contribution in [1.29, 1.82) is 0 Å². The summed E-state index contributed by atoms with van der Waals surface area (Å²) in [6.45, 7) is 1.11. The van der Waals surface area contributed by atoms with Crippen LogP contribution in [0.15, 0.2) is 18.2 Å². The number of non-ortho nitro benzene ring substituents is 1. The fraction of sp³-hybridized carbons (Fsp3) is 0.538. The second-order valence-corrected chi connectivity index (χ2v) is 5.07. The Morgan fingerprint density at radius 2 is 2.22 bits per heavy atom. The van der Waals surface area contributed by atoms with E-state index in [1.54, 1.807) is 4.90 Å². The van der Waals surface area contributed by atoms with Crippen molar-refractivity contribution >= 4 is 11.4 Å². The normalized spacial score (nSPS) is 20.4. The first-order valence-corrected chi connectivity index (χ1v) is 6.78. The number of halogens is 3. The summed E-state index contributed by atoms with van der Waals surface area (Å²) in [5.41, 5.74) is -0.946. The van der Waals surface area contributed by atoms with E-state index in [0.717, 1.165) is 12.1 Å². The summed E-state index contributed by atoms with van der Waals surface area (Å²) in [5, 5.41) is 23.4. The Kier molecular flexibility index (Phi) is 5.07. The lowest BCUT2D eigenvalue weighted by atomic mass is 10.0. The molecular weight excluding hydrogens is 319 g/mol. The van der Waals surface area contributed by atoms with Gasteiger partial charge >= 0.3 is 6.18 Å². The minimum atomic E-state index is -4.92. The van der Waals surface area contributed by atoms with Crippen LogP contribution < -0.4 is 10.2 Å². The molecule has 0 aliphatic carbocycles. The average molecular weight is 335 g/mol. The standard InChI is InChI=1S/C13H16F3N3O4/c1-23-11-7-18(5-4-17-11)10-3-2-8(19(21)22)6-9(10)12(20)13(14,15)16/h2-3,6,11-12,17,20H,4-5,7H2,1H3/t11-,12-/m1/s1. The van der Waals surface area contributed by atoms with Gasteiger partial charge in [-0.25, -0.2) is 0 Å². The summed E-state index contributed by atoms with van der Waals surface area (Å²) in [6, 6.07) is 3.10. The lowest BCUT2D eigenvalue weighted by Crippen LogP contribution is -2.52. The van der Waals surface area contributed by atoms with Gasteiger partial charge in [0.25, 0.3) is 5.69 Å². The van der Waals surface area contributed by atoms with Crippen molar-refractivity contribution in [3.63, 3.8) is 0 Å². The zero-order valence-corrected chi connectivity index (χ0v) is 12.2. The van der Waals surface area contributed by atoms with Gasteiger partial charge in [-0.05, 0) is 6.07 Å². The first kappa shape index (κ1) is 17.4. The zero-order valence-electron chi connectivity index (χ0n) is 12.2. The molecule has 1 fully saturated rings. The molecule has 1 aromatic rings. The topological polar surface area (TPSA) is 87.9 Å². The van der Waals surface area contributed by atoms with Gasteiger partial charge in [-0.1, -0.05) is 0 Å². The molecule has 2 atom stereocenters. The molecule has 0 unspecified atom stereocenters. The number of anilines is 1. The third kappa shape index (κ3) is 3.89. The molecule has 0 saturated carbocycles. The summed E-state index contributed by atoms with van der Waals surface area (Å²) >= 11 is 0. The van der Waals surface area contributed by atoms with Crippen molar-refractivity contribution in [1.82, 2.24) is 5.32 Å². The van der Waals surface area contributed by atoms with E-state index in [-0.39, 0.29) is 18.5 Å². The molecule has 1 saturated heterocycles. The number of benzene rings is 1. The fourth-order valence-corrected chi connectivity index (χ4v) is 2.43. The monoisotopic (exact) mass is 335 g/mol. The molecule has 2 rings (SSSR count). The predicted molar refractivity (Wildman–Crippen MR) is 75.1 cm³/mol. The number of hydrogen-bond acceptors (Lipinski definition) is 6. The van der Waals surface area contributed by atoms with Gasteiger partial charge in [-0.15, -0.1) is 0 Å². The maximum atomic E-state index is 12.9. The maximum Gasteiger partial charge on any atom is 0.418 e. The highest BCUT2D eigenvalue weighted by Gasteiger charge is 2.42. The van der Waals surface area contributed by atoms with Gasteiger partial charge in [-0.3, -0.25) is 15.4 Å². The summed E-state index contributed by atoms with van der Waals surface area (Å²) in [6.07, 6.45) is -8.10. The van der Waals surface area contributed by atoms with Gasteiger partial charge in [0.15, 0.2) is 6.10 Å². The van der Waals surface area contributed by atoms with Crippen LogP contribution in [0.2, 0.25) is 0 Å². The number of nitro benzene ring substituents is 1. The van der Waals surface area contributed by atoms with E-state index in [2.05, 4.69) is 5.32 Å². The molecule has 1 heterocycles. The van der Waals surface area contributed by atoms with Crippen LogP contribution in [0, 0.1) is 10.1 Å². The van der Waals surface area contributed by atoms with Crippen LogP contribution >= 0.6 is 0 Å². The van der Waals surface area contributed by atoms with E-state index in [9.17, 15) is 28.4 Å². The first-order valence-electron chi connectivity index (χ1n) is 6.78. The third-order valence-electron chi connectivity index (χ3n) is 3.59. The predicted octanol–water partition coefficient (Wildman–Crippen LogP) is 1.57. The number of hydrogen-bond donors (Lipinski definition) is 2. The fourth-order valence-electron chi connectivity index (χ4n) is 2.43. The van der Waals surface area contributed by atoms with Crippen LogP contribution in [0.25, 0.3) is 0 Å². The van der Waals surface area contributed by atoms with Gasteiger partial charge in [0, 0.05) is 43.6 Å². The molecule has 1 aliphatic heterocycles. The molecule has 1 aliphatic rings. The summed E-state index contributed by atoms with van der Waals surface area (Å²) in [5.74, 6) is 0. The van der Waals surface area contributed by atoms with Crippen LogP contribution in [-0.2, 0) is 4.74 Å². The number of ether oxygens (including phenoxy) is 1. The maximum absolute atomic E-state index is 12.9. The highest BCUT2D eigenvalue weighted by molar-refractivity contribution is 5.59. The van der Waals surface area contributed by atoms with E-state index in [1.807, 2.05) is 0 Å². The molecule has 23 heavy (non-hydrogen) atoms. The highest BCUT2D eigenvalue weighted by Crippen LogP contribution is 2.39. The number of piperazine rings is 1. The van der Waals surface area contributed by atoms with Crippen molar-refractivity contribution in [2.45, 2.75) is 18.5 Å². The molecule has 7 nitrogen and oxygen atoms in total. The number of rotatable bonds is 4. The molecule has 0 radical (unpaired) electrons. The zero-order chi connectivity index (χ0) is 17.2. The summed E-state index contributed by atoms with van der Waals surface area (Å²) < 4.78 is 43.8. The molecule has 10 heteroatoms. The van der Waals surface area contributed by atoms with Crippen LogP contribution in [0.3, 0.4) is 0 Å². The highest BCUT2D eigenvalue weighted by atomic mass is 19.4. The van der Waals surface area contributed by atoms with E-state index in [1.165, 1.54) is 13.2 Å². The van der Waals surface area contributed by atoms with Gasteiger partial charge in [0.1, 0.15) is 6.23 Å². The number of nitro groups is 1. The first-order chi connectivity index (χ1) is 10.7. The Morgan fingerprint density at radius 1 is 1.52 bits per heavy atom. The van der Waals surface area contributed by atoms with Crippen LogP contribution in [0.1, 0.15) is 11.7 Å². The Morgan fingerprint density at radius 3 is 2.78 bits per heavy atom. The Bertz CT molecular complexity index is 582. The number of methoxy groups -OCH3 is 1. The minimum Gasteiger partial charge on any atom is -0.379 e. The molecule has 128 valence electrons. The van der Waals surface area contributed by atoms with E-state index in [0.29, 0.717) is 13.1 Å². The molecule has 2 N–H and O–H groups in total. The van der Waals surface area contributed by atoms with Gasteiger partial charge in [0.05, 0.1) is 11.5 Å². The Balaban J connectivity index is 2.43. The van der Waals surface area contributed by atoms with Crippen LogP contribution in [0.4, 0.5) is 24.5 Å². The van der Waals surface area contributed by atoms with Crippen LogP contribution in [0.5, 0.6) is 0 Å². The Hall–Kier alpha value is -1.91. The lowest BCUT2D eigenvalue weighted by Gasteiger charge is -2.36. The van der Waals surface area contributed by atoms with Crippen LogP contribution in [-0.4, -0.2) is 49.2 Å². The van der Waals surface area contributed by atoms with E-state index >= 15 is 0 Å². The lowest BCUT2D eigenvalue weighted by molar-refractivity contribution is -0.385. The number of alkyl halides is 3. The molecule has 0 amide bonds.